The van der Waals surface area contributed by atoms with Gasteiger partial charge in [0.25, 0.3) is 0 Å². The van der Waals surface area contributed by atoms with E-state index in [1.807, 2.05) is 98.7 Å². The van der Waals surface area contributed by atoms with Crippen molar-refractivity contribution in [1.82, 2.24) is 9.80 Å². The molecule has 0 aliphatic carbocycles. The van der Waals surface area contributed by atoms with E-state index in [0.717, 1.165) is 36.4 Å². The fourth-order valence-corrected chi connectivity index (χ4v) is 1.86. The zero-order valence-corrected chi connectivity index (χ0v) is 21.6. The van der Waals surface area contributed by atoms with Crippen LogP contribution in [0.2, 0.25) is 0 Å². The predicted molar refractivity (Wildman–Crippen MR) is 132 cm³/mol. The molecule has 2 aromatic rings. The van der Waals surface area contributed by atoms with E-state index in [0.29, 0.717) is 0 Å². The molecule has 2 rings (SSSR count). The largest absolute Gasteiger partial charge is 2.00 e. The zero-order chi connectivity index (χ0) is 26.2. The Morgan fingerprint density at radius 1 is 0.686 bits per heavy atom. The second-order valence-electron chi connectivity index (χ2n) is 7.18. The summed E-state index contributed by atoms with van der Waals surface area (Å²) in [5, 5.41) is 36.3. The standard InChI is InChI=1S/2C9H8O2.2C4H11NO.Cu/c2*10-9(11)7-6-8-4-2-1-3-5-8;2*1-5(2)3-4-6;/h2*1-7H,(H,10,11);2*6H,3-4H2,1-2H3;/q;;;;+2/p-2/b2*7-6+;;;. The first-order chi connectivity index (χ1) is 16.1. The van der Waals surface area contributed by atoms with Crippen LogP contribution in [0.25, 0.3) is 12.2 Å². The Labute approximate surface area is 219 Å². The predicted octanol–water partition coefficient (Wildman–Crippen LogP) is -0.0225. The van der Waals surface area contributed by atoms with Gasteiger partial charge in [-0.2, -0.15) is 0 Å². The Kier molecular flexibility index (Phi) is 27.2. The van der Waals surface area contributed by atoms with Crippen LogP contribution in [-0.4, -0.2) is 86.4 Å². The van der Waals surface area contributed by atoms with Crippen molar-refractivity contribution in [1.29, 1.82) is 0 Å². The summed E-state index contributed by atoms with van der Waals surface area (Å²) in [6.45, 7) is 2.04. The number of carbonyl (C=O) groups is 2. The number of aliphatic hydroxyl groups is 2. The number of hydrogen-bond donors (Lipinski definition) is 2. The van der Waals surface area contributed by atoms with Crippen LogP contribution >= 0.6 is 0 Å². The summed E-state index contributed by atoms with van der Waals surface area (Å²) < 4.78 is 0. The van der Waals surface area contributed by atoms with Crippen LogP contribution in [-0.2, 0) is 26.7 Å². The first-order valence-corrected chi connectivity index (χ1v) is 10.5. The van der Waals surface area contributed by atoms with Crippen LogP contribution < -0.4 is 10.2 Å². The van der Waals surface area contributed by atoms with Gasteiger partial charge in [0.2, 0.25) is 0 Å². The molecule has 0 unspecified atom stereocenters. The fraction of sp³-hybridized carbons (Fsp3) is 0.308. The van der Waals surface area contributed by atoms with Crippen LogP contribution in [0, 0.1) is 0 Å². The third-order valence-corrected chi connectivity index (χ3v) is 3.52. The average Bonchev–Trinajstić information content (AvgIpc) is 2.79. The zero-order valence-electron chi connectivity index (χ0n) is 20.6. The van der Waals surface area contributed by atoms with Crippen LogP contribution in [0.1, 0.15) is 11.1 Å². The Hall–Kier alpha value is -2.78. The summed E-state index contributed by atoms with van der Waals surface area (Å²) in [6, 6.07) is 18.4. The van der Waals surface area contributed by atoms with Gasteiger partial charge in [0.1, 0.15) is 0 Å². The quantitative estimate of drug-likeness (QED) is 0.356. The SMILES string of the molecule is CN(C)CCO.CN(C)CCO.O=C([O-])/C=C/c1ccccc1.O=C([O-])/C=C/c1ccccc1.[Cu+2]. The van der Waals surface area contributed by atoms with Gasteiger partial charge in [-0.3, -0.25) is 0 Å². The van der Waals surface area contributed by atoms with Crippen molar-refractivity contribution in [3.05, 3.63) is 83.9 Å². The van der Waals surface area contributed by atoms with Crippen molar-refractivity contribution in [2.45, 2.75) is 0 Å². The summed E-state index contributed by atoms with van der Waals surface area (Å²) >= 11 is 0. The van der Waals surface area contributed by atoms with Gasteiger partial charge >= 0.3 is 17.1 Å². The molecule has 0 aromatic heterocycles. The number of carbonyl (C=O) groups excluding carboxylic acids is 2. The molecule has 0 saturated heterocycles. The summed E-state index contributed by atoms with van der Waals surface area (Å²) in [5.41, 5.74) is 1.72. The molecule has 0 amide bonds. The van der Waals surface area contributed by atoms with E-state index in [1.165, 1.54) is 12.2 Å². The number of carboxylic acids is 2. The Bertz CT molecular complexity index is 744. The molecular weight excluding hydrogens is 500 g/mol. The Morgan fingerprint density at radius 2 is 0.971 bits per heavy atom. The molecule has 0 aliphatic rings. The molecule has 8 nitrogen and oxygen atoms in total. The minimum absolute atomic E-state index is 0. The monoisotopic (exact) mass is 535 g/mol. The molecule has 0 bridgehead atoms. The van der Waals surface area contributed by atoms with E-state index in [9.17, 15) is 19.8 Å². The topological polar surface area (TPSA) is 127 Å². The number of likely N-dealkylation sites (N-methyl/N-ethyl adjacent to an activating group) is 2. The number of carboxylic acid groups (broad SMARTS) is 2. The number of rotatable bonds is 8. The molecule has 0 spiro atoms. The summed E-state index contributed by atoms with van der Waals surface area (Å²) in [7, 11) is 7.71. The van der Waals surface area contributed by atoms with Gasteiger partial charge in [-0.25, -0.2) is 0 Å². The van der Waals surface area contributed by atoms with Crippen LogP contribution in [0.4, 0.5) is 0 Å². The van der Waals surface area contributed by atoms with E-state index in [1.54, 1.807) is 0 Å². The molecule has 2 N–H and O–H groups in total. The minimum atomic E-state index is -1.17. The van der Waals surface area contributed by atoms with Gasteiger partial charge in [-0.1, -0.05) is 72.8 Å². The first kappa shape index (κ1) is 36.8. The fourth-order valence-electron chi connectivity index (χ4n) is 1.86. The third-order valence-electron chi connectivity index (χ3n) is 3.52. The molecule has 1 radical (unpaired) electrons. The van der Waals surface area contributed by atoms with Gasteiger partial charge in [0.05, 0.1) is 25.2 Å². The third kappa shape index (κ3) is 31.2. The molecule has 35 heavy (non-hydrogen) atoms. The number of aliphatic carboxylic acids is 2. The normalized spacial score (nSPS) is 9.83. The molecule has 197 valence electrons. The van der Waals surface area contributed by atoms with E-state index in [2.05, 4.69) is 0 Å². The van der Waals surface area contributed by atoms with Crippen molar-refractivity contribution in [3.63, 3.8) is 0 Å². The molecular formula is C26H36CuN2O6. The summed E-state index contributed by atoms with van der Waals surface area (Å²) in [5.74, 6) is -2.34. The number of nitrogens with zero attached hydrogens (tertiary/aromatic N) is 2. The van der Waals surface area contributed by atoms with Crippen molar-refractivity contribution in [2.75, 3.05) is 54.5 Å². The second-order valence-corrected chi connectivity index (χ2v) is 7.18. The van der Waals surface area contributed by atoms with Crippen molar-refractivity contribution < 1.29 is 47.1 Å². The van der Waals surface area contributed by atoms with E-state index in [4.69, 9.17) is 10.2 Å². The maximum Gasteiger partial charge on any atom is 2.00 e. The number of benzene rings is 2. The van der Waals surface area contributed by atoms with E-state index < -0.39 is 11.9 Å². The molecule has 0 saturated carbocycles. The molecule has 0 aliphatic heterocycles. The van der Waals surface area contributed by atoms with Gasteiger partial charge in [0.15, 0.2) is 0 Å². The second kappa shape index (κ2) is 25.8. The van der Waals surface area contributed by atoms with Crippen LogP contribution in [0.15, 0.2) is 72.8 Å². The Balaban J connectivity index is -0.000000404. The average molecular weight is 536 g/mol. The number of hydrogen-bond acceptors (Lipinski definition) is 8. The maximum absolute atomic E-state index is 9.97. The molecule has 0 fully saturated rings. The minimum Gasteiger partial charge on any atom is -0.545 e. The van der Waals surface area contributed by atoms with Crippen LogP contribution in [0.5, 0.6) is 0 Å². The maximum atomic E-state index is 9.97. The molecule has 0 atom stereocenters. The summed E-state index contributed by atoms with van der Waals surface area (Å²) in [4.78, 5) is 23.8. The van der Waals surface area contributed by atoms with Crippen molar-refractivity contribution in [2.24, 2.45) is 0 Å². The number of aliphatic hydroxyl groups excluding tert-OH is 2. The van der Waals surface area contributed by atoms with Gasteiger partial charge in [-0.05, 0) is 51.5 Å². The Morgan fingerprint density at radius 3 is 1.14 bits per heavy atom. The van der Waals surface area contributed by atoms with E-state index in [-0.39, 0.29) is 30.3 Å². The molecule has 2 aromatic carbocycles. The van der Waals surface area contributed by atoms with Crippen LogP contribution in [0.3, 0.4) is 0 Å². The van der Waals surface area contributed by atoms with Gasteiger partial charge in [0, 0.05) is 13.1 Å². The molecule has 0 heterocycles. The van der Waals surface area contributed by atoms with Crippen molar-refractivity contribution in [3.8, 4) is 0 Å². The first-order valence-electron chi connectivity index (χ1n) is 10.5. The summed E-state index contributed by atoms with van der Waals surface area (Å²) in [6.07, 6.45) is 5.01. The van der Waals surface area contributed by atoms with Gasteiger partial charge in [-0.15, -0.1) is 0 Å². The van der Waals surface area contributed by atoms with E-state index >= 15 is 0 Å². The van der Waals surface area contributed by atoms with Crippen molar-refractivity contribution >= 4 is 24.1 Å². The molecule has 9 heteroatoms. The smallest absolute Gasteiger partial charge is 0.545 e. The van der Waals surface area contributed by atoms with Gasteiger partial charge < -0.3 is 39.8 Å².